The van der Waals surface area contributed by atoms with Gasteiger partial charge in [0.1, 0.15) is 17.3 Å². The van der Waals surface area contributed by atoms with Crippen LogP contribution in [0.4, 0.5) is 0 Å². The lowest BCUT2D eigenvalue weighted by molar-refractivity contribution is -0.173. The molecule has 4 aliphatic rings. The lowest BCUT2D eigenvalue weighted by Crippen LogP contribution is -2.73. The number of nitrogens with one attached hydrogen (secondary N) is 1. The van der Waals surface area contributed by atoms with Crippen LogP contribution in [0, 0.1) is 5.92 Å². The maximum atomic E-state index is 13.7. The second-order valence-corrected chi connectivity index (χ2v) is 14.2. The first kappa shape index (κ1) is 30.9. The van der Waals surface area contributed by atoms with Crippen LogP contribution in [0.3, 0.4) is 0 Å². The molecule has 242 valence electrons. The number of carbonyl (C=O) groups is 2. The Morgan fingerprint density at radius 2 is 1.74 bits per heavy atom. The van der Waals surface area contributed by atoms with Crippen molar-refractivity contribution in [2.24, 2.45) is 5.92 Å². The number of likely N-dealkylation sites (tertiary alicyclic amines) is 1. The van der Waals surface area contributed by atoms with Crippen LogP contribution in [-0.2, 0) is 23.1 Å². The second-order valence-electron chi connectivity index (χ2n) is 14.2. The molecule has 46 heavy (non-hydrogen) atoms. The van der Waals surface area contributed by atoms with Gasteiger partial charge < -0.3 is 19.9 Å². The SMILES string of the molecule is COc1c(C(=O)NCCc2ccc(-c3ccc(OC(C)C)cc3)cc2)ccc2c1C13CCN(CC4CC4)C(C2)C1(O)CCC(=O)C3. The number of ketones is 1. The molecule has 7 heteroatoms. The molecule has 3 fully saturated rings. The zero-order valence-electron chi connectivity index (χ0n) is 27.3. The fraction of sp³-hybridized carbons (Fsp3) is 0.487. The number of aliphatic hydroxyl groups is 1. The highest BCUT2D eigenvalue weighted by atomic mass is 16.5. The van der Waals surface area contributed by atoms with Crippen LogP contribution in [0.5, 0.6) is 11.5 Å². The van der Waals surface area contributed by atoms with Crippen molar-refractivity contribution >= 4 is 11.7 Å². The zero-order chi connectivity index (χ0) is 32.1. The van der Waals surface area contributed by atoms with E-state index < -0.39 is 11.0 Å². The average molecular weight is 623 g/mol. The minimum Gasteiger partial charge on any atom is -0.496 e. The van der Waals surface area contributed by atoms with Crippen LogP contribution in [0.15, 0.2) is 60.7 Å². The summed E-state index contributed by atoms with van der Waals surface area (Å²) in [5, 5.41) is 15.6. The van der Waals surface area contributed by atoms with Gasteiger partial charge in [0.2, 0.25) is 0 Å². The first-order valence-corrected chi connectivity index (χ1v) is 17.0. The number of hydrogen-bond acceptors (Lipinski definition) is 6. The number of methoxy groups -OCH3 is 1. The molecule has 3 unspecified atom stereocenters. The van der Waals surface area contributed by atoms with Crippen LogP contribution in [0.2, 0.25) is 0 Å². The maximum absolute atomic E-state index is 13.7. The maximum Gasteiger partial charge on any atom is 0.255 e. The van der Waals surface area contributed by atoms with E-state index in [1.165, 1.54) is 12.8 Å². The van der Waals surface area contributed by atoms with E-state index in [2.05, 4.69) is 46.6 Å². The van der Waals surface area contributed by atoms with E-state index >= 15 is 0 Å². The molecule has 3 atom stereocenters. The molecular formula is C39H46N2O5. The summed E-state index contributed by atoms with van der Waals surface area (Å²) in [6.07, 6.45) is 5.94. The van der Waals surface area contributed by atoms with Crippen molar-refractivity contribution in [3.05, 3.63) is 82.9 Å². The smallest absolute Gasteiger partial charge is 0.255 e. The third-order valence-corrected chi connectivity index (χ3v) is 10.9. The minimum absolute atomic E-state index is 0.0172. The first-order valence-electron chi connectivity index (χ1n) is 17.0. The number of fused-ring (bicyclic) bond motifs is 1. The number of piperidine rings is 1. The van der Waals surface area contributed by atoms with Gasteiger partial charge in [-0.3, -0.25) is 14.5 Å². The predicted octanol–water partition coefficient (Wildman–Crippen LogP) is 5.88. The van der Waals surface area contributed by atoms with Crippen molar-refractivity contribution < 1.29 is 24.2 Å². The van der Waals surface area contributed by atoms with Crippen molar-refractivity contribution in [3.63, 3.8) is 0 Å². The first-order chi connectivity index (χ1) is 22.2. The molecule has 1 heterocycles. The summed E-state index contributed by atoms with van der Waals surface area (Å²) in [6.45, 7) is 6.39. The zero-order valence-corrected chi connectivity index (χ0v) is 27.3. The molecule has 1 amide bonds. The van der Waals surface area contributed by atoms with Crippen molar-refractivity contribution in [1.82, 2.24) is 10.2 Å². The van der Waals surface area contributed by atoms with Gasteiger partial charge in [-0.25, -0.2) is 0 Å². The normalized spacial score (nSPS) is 25.5. The summed E-state index contributed by atoms with van der Waals surface area (Å²) in [7, 11) is 1.60. The molecule has 2 saturated carbocycles. The number of nitrogens with zero attached hydrogens (tertiary/aromatic N) is 1. The summed E-state index contributed by atoms with van der Waals surface area (Å²) in [5.74, 6) is 2.10. The molecule has 1 saturated heterocycles. The number of ether oxygens (including phenoxy) is 2. The highest BCUT2D eigenvalue weighted by Crippen LogP contribution is 2.60. The highest BCUT2D eigenvalue weighted by molar-refractivity contribution is 5.98. The quantitative estimate of drug-likeness (QED) is 0.294. The largest absolute Gasteiger partial charge is 0.496 e. The Hall–Kier alpha value is -3.68. The monoisotopic (exact) mass is 622 g/mol. The Bertz CT molecular complexity index is 1610. The summed E-state index contributed by atoms with van der Waals surface area (Å²) in [6, 6.07) is 20.4. The number of carbonyl (C=O) groups excluding carboxylic acids is 2. The lowest BCUT2D eigenvalue weighted by atomic mass is 9.49. The Balaban J connectivity index is 1.07. The van der Waals surface area contributed by atoms with Crippen LogP contribution in [-0.4, -0.2) is 66.2 Å². The Morgan fingerprint density at radius 3 is 2.41 bits per heavy atom. The Morgan fingerprint density at radius 1 is 1.02 bits per heavy atom. The molecule has 0 aromatic heterocycles. The van der Waals surface area contributed by atoms with Gasteiger partial charge >= 0.3 is 0 Å². The van der Waals surface area contributed by atoms with Crippen molar-refractivity contribution in [2.45, 2.75) is 88.4 Å². The fourth-order valence-electron chi connectivity index (χ4n) is 8.50. The topological polar surface area (TPSA) is 88.1 Å². The van der Waals surface area contributed by atoms with E-state index in [9.17, 15) is 14.7 Å². The highest BCUT2D eigenvalue weighted by Gasteiger charge is 2.65. The summed E-state index contributed by atoms with van der Waals surface area (Å²) in [4.78, 5) is 29.2. The third kappa shape index (κ3) is 5.51. The summed E-state index contributed by atoms with van der Waals surface area (Å²) < 4.78 is 11.8. The van der Waals surface area contributed by atoms with Crippen LogP contribution >= 0.6 is 0 Å². The van der Waals surface area contributed by atoms with Gasteiger partial charge in [0.15, 0.2) is 0 Å². The molecule has 7 nitrogen and oxygen atoms in total. The number of benzene rings is 3. The molecule has 1 aliphatic heterocycles. The summed E-state index contributed by atoms with van der Waals surface area (Å²) >= 11 is 0. The van der Waals surface area contributed by atoms with Crippen LogP contribution < -0.4 is 14.8 Å². The molecule has 3 aromatic carbocycles. The number of amides is 1. The predicted molar refractivity (Wildman–Crippen MR) is 179 cm³/mol. The number of Topliss-reactive ketones (excluding diaryl/α,β-unsaturated/α-hetero) is 1. The van der Waals surface area contributed by atoms with Crippen molar-refractivity contribution in [3.8, 4) is 22.6 Å². The number of rotatable bonds is 10. The van der Waals surface area contributed by atoms with E-state index in [0.717, 1.165) is 52.6 Å². The molecule has 2 bridgehead atoms. The van der Waals surface area contributed by atoms with Gasteiger partial charge in [-0.1, -0.05) is 42.5 Å². The van der Waals surface area contributed by atoms with Crippen molar-refractivity contribution in [1.29, 1.82) is 0 Å². The van der Waals surface area contributed by atoms with Gasteiger partial charge in [0, 0.05) is 43.0 Å². The van der Waals surface area contributed by atoms with Gasteiger partial charge in [0.05, 0.1) is 24.4 Å². The van der Waals surface area contributed by atoms with E-state index in [1.807, 2.05) is 38.1 Å². The molecule has 3 aliphatic carbocycles. The van der Waals surface area contributed by atoms with Gasteiger partial charge in [-0.15, -0.1) is 0 Å². The number of hydrogen-bond donors (Lipinski definition) is 2. The average Bonchev–Trinajstić information content (AvgIpc) is 3.87. The van der Waals surface area contributed by atoms with Gasteiger partial charge in [0.25, 0.3) is 5.91 Å². The Labute approximate surface area is 272 Å². The standard InChI is InChI=1S/C39H46N2O5/c1-25(2)46-32-13-10-29(11-14-32)28-8-6-26(7-9-28)17-20-40-37(43)33-15-12-30-22-34-39(44)18-16-31(42)23-38(39,35(30)36(33)45-3)19-21-41(34)24-27-4-5-27/h6-15,25,27,34,44H,4-5,16-24H2,1-3H3,(H,40,43). The second kappa shape index (κ2) is 12.2. The van der Waals surface area contributed by atoms with E-state index in [1.54, 1.807) is 7.11 Å². The van der Waals surface area contributed by atoms with E-state index in [4.69, 9.17) is 9.47 Å². The van der Waals surface area contributed by atoms with Crippen LogP contribution in [0.1, 0.15) is 79.4 Å². The van der Waals surface area contributed by atoms with Gasteiger partial charge in [-0.05, 0) is 105 Å². The molecule has 0 spiro atoms. The molecule has 2 N–H and O–H groups in total. The van der Waals surface area contributed by atoms with Crippen LogP contribution in [0.25, 0.3) is 11.1 Å². The molecule has 0 radical (unpaired) electrons. The molecule has 7 rings (SSSR count). The van der Waals surface area contributed by atoms with Crippen molar-refractivity contribution in [2.75, 3.05) is 26.7 Å². The fourth-order valence-corrected chi connectivity index (χ4v) is 8.50. The third-order valence-electron chi connectivity index (χ3n) is 10.9. The molecular weight excluding hydrogens is 576 g/mol. The molecule has 3 aromatic rings. The lowest BCUT2D eigenvalue weighted by Gasteiger charge is -2.63. The van der Waals surface area contributed by atoms with E-state index in [0.29, 0.717) is 56.4 Å². The van der Waals surface area contributed by atoms with Gasteiger partial charge in [-0.2, -0.15) is 0 Å². The summed E-state index contributed by atoms with van der Waals surface area (Å²) in [5.41, 5.74) is 4.10. The minimum atomic E-state index is -1.01. The Kier molecular flexibility index (Phi) is 8.18. The van der Waals surface area contributed by atoms with E-state index in [-0.39, 0.29) is 23.8 Å².